The molecule has 0 aromatic heterocycles. The molecule has 61 heavy (non-hydrogen) atoms. The van der Waals surface area contributed by atoms with Crippen molar-refractivity contribution in [3.05, 3.63) is 0 Å². The highest BCUT2D eigenvalue weighted by atomic mass is 16.6. The Morgan fingerprint density at radius 3 is 1.34 bits per heavy atom. The molecule has 18 heteroatoms. The SMILES string of the molecule is CC(C)(C)OC(=O)CCC(NC(=O)CCC(NC(=O)CCCCCNC(=O)C(N)CCCCN)C(=O)NC(CCC(=O)OC(C)(C)C)C(=O)OC(C)(C)C)C(=O)OC(C)(C)C. The largest absolute Gasteiger partial charge is 0.460 e. The lowest BCUT2D eigenvalue weighted by Crippen LogP contribution is -2.53. The molecule has 0 fully saturated rings. The van der Waals surface area contributed by atoms with E-state index >= 15 is 0 Å². The summed E-state index contributed by atoms with van der Waals surface area (Å²) in [6, 6.07) is -4.52. The zero-order chi connectivity index (χ0) is 47.2. The molecular formula is C43H78N6O12. The molecular weight excluding hydrogens is 793 g/mol. The number of amides is 4. The molecule has 0 aliphatic rings. The van der Waals surface area contributed by atoms with Crippen molar-refractivity contribution in [3.63, 3.8) is 0 Å². The summed E-state index contributed by atoms with van der Waals surface area (Å²) in [4.78, 5) is 104. The Bertz CT molecular complexity index is 1440. The van der Waals surface area contributed by atoms with Crippen molar-refractivity contribution in [2.24, 2.45) is 11.5 Å². The van der Waals surface area contributed by atoms with Gasteiger partial charge >= 0.3 is 23.9 Å². The van der Waals surface area contributed by atoms with Gasteiger partial charge in [-0.2, -0.15) is 0 Å². The Labute approximate surface area is 363 Å². The molecule has 4 unspecified atom stereocenters. The first-order chi connectivity index (χ1) is 27.9. The minimum Gasteiger partial charge on any atom is -0.460 e. The molecule has 4 amide bonds. The lowest BCUT2D eigenvalue weighted by Gasteiger charge is -2.27. The Kier molecular flexibility index (Phi) is 25.0. The van der Waals surface area contributed by atoms with E-state index in [1.165, 1.54) is 0 Å². The molecule has 352 valence electrons. The normalized spacial score (nSPS) is 14.0. The molecule has 0 aliphatic heterocycles. The first kappa shape index (κ1) is 56.7. The first-order valence-electron chi connectivity index (χ1n) is 21.4. The molecule has 0 heterocycles. The number of carbonyl (C=O) groups is 8. The molecule has 18 nitrogen and oxygen atoms in total. The quantitative estimate of drug-likeness (QED) is 0.0414. The summed E-state index contributed by atoms with van der Waals surface area (Å²) in [6.07, 6.45) is 2.23. The Morgan fingerprint density at radius 2 is 0.885 bits per heavy atom. The van der Waals surface area contributed by atoms with Crippen molar-refractivity contribution < 1.29 is 57.3 Å². The van der Waals surface area contributed by atoms with Crippen LogP contribution in [-0.2, 0) is 57.3 Å². The number of nitrogens with one attached hydrogen (secondary N) is 4. The second-order valence-electron chi connectivity index (χ2n) is 19.1. The maximum atomic E-state index is 13.9. The number of hydrogen-bond acceptors (Lipinski definition) is 14. The van der Waals surface area contributed by atoms with E-state index in [9.17, 15) is 38.4 Å². The van der Waals surface area contributed by atoms with Crippen LogP contribution in [0.3, 0.4) is 0 Å². The topological polar surface area (TPSA) is 274 Å². The van der Waals surface area contributed by atoms with Crippen LogP contribution in [0.1, 0.15) is 167 Å². The van der Waals surface area contributed by atoms with Crippen LogP contribution in [0.25, 0.3) is 0 Å². The number of unbranched alkanes of at least 4 members (excludes halogenated alkanes) is 3. The predicted octanol–water partition coefficient (Wildman–Crippen LogP) is 3.28. The van der Waals surface area contributed by atoms with Gasteiger partial charge in [-0.1, -0.05) is 12.8 Å². The van der Waals surface area contributed by atoms with Crippen molar-refractivity contribution in [3.8, 4) is 0 Å². The maximum Gasteiger partial charge on any atom is 0.329 e. The Hall–Kier alpha value is -4.32. The summed E-state index contributed by atoms with van der Waals surface area (Å²) >= 11 is 0. The van der Waals surface area contributed by atoms with Crippen molar-refractivity contribution in [2.45, 2.75) is 213 Å². The molecule has 4 atom stereocenters. The second-order valence-corrected chi connectivity index (χ2v) is 19.1. The standard InChI is InChI=1S/C43H78N6O12/c1-40(2,3)58-34(52)24-21-30(38(56)60-42(7,8)9)48-33(51)23-20-29(47-32(50)19-14-13-17-27-46-36(54)28(45)18-15-16-26-44)37(55)49-31(39(57)61-43(10,11)12)22-25-35(53)59-41(4,5)6/h28-31H,13-27,44-45H2,1-12H3,(H,46,54)(H,47,50)(H,48,51)(H,49,55). The molecule has 0 spiro atoms. The van der Waals surface area contributed by atoms with Crippen LogP contribution in [0.5, 0.6) is 0 Å². The second kappa shape index (κ2) is 26.9. The average Bonchev–Trinajstić information content (AvgIpc) is 3.08. The number of esters is 4. The van der Waals surface area contributed by atoms with Gasteiger partial charge in [0.1, 0.15) is 40.5 Å². The van der Waals surface area contributed by atoms with Gasteiger partial charge in [-0.25, -0.2) is 9.59 Å². The maximum absolute atomic E-state index is 13.9. The number of carbonyl (C=O) groups excluding carboxylic acids is 8. The summed E-state index contributed by atoms with van der Waals surface area (Å²) in [6.45, 7) is 21.0. The van der Waals surface area contributed by atoms with Gasteiger partial charge in [0.15, 0.2) is 0 Å². The summed E-state index contributed by atoms with van der Waals surface area (Å²) in [5, 5.41) is 10.6. The highest BCUT2D eigenvalue weighted by Crippen LogP contribution is 2.16. The zero-order valence-corrected chi connectivity index (χ0v) is 39.0. The van der Waals surface area contributed by atoms with Gasteiger partial charge in [-0.05, 0) is 135 Å². The monoisotopic (exact) mass is 871 g/mol. The fraction of sp³-hybridized carbons (Fsp3) is 0.814. The molecule has 0 aromatic carbocycles. The van der Waals surface area contributed by atoms with Gasteiger partial charge in [0.05, 0.1) is 6.04 Å². The Balaban J connectivity index is 6.05. The predicted molar refractivity (Wildman–Crippen MR) is 229 cm³/mol. The van der Waals surface area contributed by atoms with Gasteiger partial charge in [-0.3, -0.25) is 28.8 Å². The molecule has 0 bridgehead atoms. The molecule has 0 aromatic rings. The number of hydrogen-bond donors (Lipinski definition) is 6. The molecule has 0 radical (unpaired) electrons. The van der Waals surface area contributed by atoms with Crippen LogP contribution in [0, 0.1) is 0 Å². The first-order valence-corrected chi connectivity index (χ1v) is 21.4. The van der Waals surface area contributed by atoms with Gasteiger partial charge < -0.3 is 51.7 Å². The van der Waals surface area contributed by atoms with Crippen LogP contribution in [0.15, 0.2) is 0 Å². The fourth-order valence-electron chi connectivity index (χ4n) is 5.47. The van der Waals surface area contributed by atoms with E-state index in [0.717, 1.165) is 12.8 Å². The van der Waals surface area contributed by atoms with Crippen molar-refractivity contribution in [1.29, 1.82) is 0 Å². The van der Waals surface area contributed by atoms with Crippen LogP contribution >= 0.6 is 0 Å². The smallest absolute Gasteiger partial charge is 0.329 e. The molecule has 0 aliphatic carbocycles. The van der Waals surface area contributed by atoms with Crippen LogP contribution in [0.2, 0.25) is 0 Å². The minimum atomic E-state index is -1.34. The van der Waals surface area contributed by atoms with E-state index in [4.69, 9.17) is 30.4 Å². The zero-order valence-electron chi connectivity index (χ0n) is 39.0. The molecule has 0 saturated carbocycles. The van der Waals surface area contributed by atoms with Crippen LogP contribution in [-0.4, -0.2) is 107 Å². The average molecular weight is 871 g/mol. The van der Waals surface area contributed by atoms with Crippen LogP contribution in [0.4, 0.5) is 0 Å². The van der Waals surface area contributed by atoms with Crippen molar-refractivity contribution in [2.75, 3.05) is 13.1 Å². The van der Waals surface area contributed by atoms with Crippen LogP contribution < -0.4 is 32.7 Å². The number of ether oxygens (including phenoxy) is 4. The van der Waals surface area contributed by atoms with E-state index in [1.54, 1.807) is 83.1 Å². The molecule has 0 rings (SSSR count). The van der Waals surface area contributed by atoms with Crippen molar-refractivity contribution >= 4 is 47.5 Å². The molecule has 8 N–H and O–H groups in total. The fourth-order valence-corrected chi connectivity index (χ4v) is 5.47. The lowest BCUT2D eigenvalue weighted by molar-refractivity contribution is -0.161. The highest BCUT2D eigenvalue weighted by Gasteiger charge is 2.33. The Morgan fingerprint density at radius 1 is 0.459 bits per heavy atom. The van der Waals surface area contributed by atoms with E-state index in [1.807, 2.05) is 0 Å². The van der Waals surface area contributed by atoms with Gasteiger partial charge in [0.25, 0.3) is 0 Å². The van der Waals surface area contributed by atoms with Gasteiger partial charge in [0.2, 0.25) is 23.6 Å². The van der Waals surface area contributed by atoms with Gasteiger partial charge in [-0.15, -0.1) is 0 Å². The van der Waals surface area contributed by atoms with E-state index < -0.39 is 88.2 Å². The minimum absolute atomic E-state index is 0.00203. The number of nitrogens with two attached hydrogens (primary N) is 2. The van der Waals surface area contributed by atoms with E-state index in [2.05, 4.69) is 21.3 Å². The summed E-state index contributed by atoms with van der Waals surface area (Å²) in [5.41, 5.74) is 8.03. The van der Waals surface area contributed by atoms with E-state index in [-0.39, 0.29) is 50.9 Å². The third-order valence-electron chi connectivity index (χ3n) is 8.15. The molecule has 0 saturated heterocycles. The third kappa shape index (κ3) is 30.4. The summed E-state index contributed by atoms with van der Waals surface area (Å²) in [7, 11) is 0. The summed E-state index contributed by atoms with van der Waals surface area (Å²) in [5.74, 6) is -5.05. The van der Waals surface area contributed by atoms with E-state index in [0.29, 0.717) is 38.8 Å². The van der Waals surface area contributed by atoms with Gasteiger partial charge in [0, 0.05) is 32.2 Å². The summed E-state index contributed by atoms with van der Waals surface area (Å²) < 4.78 is 21.7. The number of rotatable bonds is 26. The lowest BCUT2D eigenvalue weighted by atomic mass is 10.1. The third-order valence-corrected chi connectivity index (χ3v) is 8.15. The van der Waals surface area contributed by atoms with Crippen molar-refractivity contribution in [1.82, 2.24) is 21.3 Å². The highest BCUT2D eigenvalue weighted by molar-refractivity contribution is 5.92.